The average Bonchev–Trinajstić information content (AvgIpc) is 2.81. The standard InChI is InChI=1S/C22H28ClN3O4S/c23-19-1-3-20(4-2-19)25-11-9-24(10-12-25)13-18-30-21-5-7-22(8-6-21)31(27,28)26-14-16-29-17-15-26/h1-8H,9-18H2. The number of ether oxygens (including phenoxy) is 2. The van der Waals surface area contributed by atoms with Crippen LogP contribution >= 0.6 is 11.6 Å². The molecule has 2 aliphatic heterocycles. The normalized spacial score (nSPS) is 18.8. The number of rotatable bonds is 7. The highest BCUT2D eigenvalue weighted by molar-refractivity contribution is 7.89. The maximum atomic E-state index is 12.7. The second-order valence-electron chi connectivity index (χ2n) is 7.64. The van der Waals surface area contributed by atoms with E-state index in [2.05, 4.69) is 21.9 Å². The SMILES string of the molecule is O=S(=O)(c1ccc(OCCN2CCN(c3ccc(Cl)cc3)CC2)cc1)N1CCOCC1. The first-order valence-electron chi connectivity index (χ1n) is 10.6. The summed E-state index contributed by atoms with van der Waals surface area (Å²) in [5.74, 6) is 0.681. The molecular weight excluding hydrogens is 438 g/mol. The first kappa shape index (κ1) is 22.4. The van der Waals surface area contributed by atoms with Gasteiger partial charge in [0.05, 0.1) is 18.1 Å². The molecule has 2 heterocycles. The molecule has 2 saturated heterocycles. The smallest absolute Gasteiger partial charge is 0.243 e. The first-order chi connectivity index (χ1) is 15.0. The van der Waals surface area contributed by atoms with Crippen molar-refractivity contribution in [3.63, 3.8) is 0 Å². The fourth-order valence-electron chi connectivity index (χ4n) is 3.82. The zero-order chi connectivity index (χ0) is 21.7. The quantitative estimate of drug-likeness (QED) is 0.626. The Morgan fingerprint density at radius 2 is 1.52 bits per heavy atom. The molecule has 2 fully saturated rings. The highest BCUT2D eigenvalue weighted by Crippen LogP contribution is 2.21. The molecule has 0 atom stereocenters. The van der Waals surface area contributed by atoms with Gasteiger partial charge in [0, 0.05) is 56.5 Å². The van der Waals surface area contributed by atoms with Gasteiger partial charge in [0.2, 0.25) is 10.0 Å². The Balaban J connectivity index is 1.22. The zero-order valence-corrected chi connectivity index (χ0v) is 19.0. The molecule has 0 amide bonds. The second-order valence-corrected chi connectivity index (χ2v) is 10.0. The minimum atomic E-state index is -3.47. The summed E-state index contributed by atoms with van der Waals surface area (Å²) in [6.45, 7) is 6.95. The summed E-state index contributed by atoms with van der Waals surface area (Å²) in [5.41, 5.74) is 1.20. The highest BCUT2D eigenvalue weighted by atomic mass is 35.5. The Kier molecular flexibility index (Phi) is 7.35. The van der Waals surface area contributed by atoms with E-state index in [-0.39, 0.29) is 0 Å². The number of hydrogen-bond acceptors (Lipinski definition) is 6. The Labute approximate surface area is 189 Å². The van der Waals surface area contributed by atoms with Gasteiger partial charge in [-0.1, -0.05) is 11.6 Å². The predicted molar refractivity (Wildman–Crippen MR) is 122 cm³/mol. The van der Waals surface area contributed by atoms with Gasteiger partial charge >= 0.3 is 0 Å². The van der Waals surface area contributed by atoms with Crippen LogP contribution in [0.25, 0.3) is 0 Å². The van der Waals surface area contributed by atoms with Crippen LogP contribution in [0.2, 0.25) is 5.02 Å². The minimum Gasteiger partial charge on any atom is -0.492 e. The summed E-state index contributed by atoms with van der Waals surface area (Å²) in [6.07, 6.45) is 0. The molecule has 7 nitrogen and oxygen atoms in total. The maximum absolute atomic E-state index is 12.7. The molecule has 4 rings (SSSR count). The number of sulfonamides is 1. The summed E-state index contributed by atoms with van der Waals surface area (Å²) in [6, 6.07) is 14.7. The first-order valence-corrected chi connectivity index (χ1v) is 12.4. The molecule has 2 aliphatic rings. The van der Waals surface area contributed by atoms with Crippen LogP contribution in [0.15, 0.2) is 53.4 Å². The van der Waals surface area contributed by atoms with Crippen molar-refractivity contribution in [3.05, 3.63) is 53.6 Å². The van der Waals surface area contributed by atoms with E-state index in [1.54, 1.807) is 24.3 Å². The number of anilines is 1. The number of piperazine rings is 1. The molecule has 9 heteroatoms. The van der Waals surface area contributed by atoms with Crippen molar-refractivity contribution in [1.29, 1.82) is 0 Å². The van der Waals surface area contributed by atoms with Crippen LogP contribution in [-0.4, -0.2) is 83.3 Å². The third kappa shape index (κ3) is 5.70. The van der Waals surface area contributed by atoms with Crippen molar-refractivity contribution in [2.45, 2.75) is 4.90 Å². The van der Waals surface area contributed by atoms with Gasteiger partial charge in [0.25, 0.3) is 0 Å². The highest BCUT2D eigenvalue weighted by Gasteiger charge is 2.26. The van der Waals surface area contributed by atoms with Crippen LogP contribution in [0.5, 0.6) is 5.75 Å². The number of nitrogens with zero attached hydrogens (tertiary/aromatic N) is 3. The minimum absolute atomic E-state index is 0.292. The van der Waals surface area contributed by atoms with Gasteiger partial charge in [-0.25, -0.2) is 8.42 Å². The van der Waals surface area contributed by atoms with Crippen molar-refractivity contribution < 1.29 is 17.9 Å². The second kappa shape index (κ2) is 10.2. The van der Waals surface area contributed by atoms with Crippen molar-refractivity contribution in [2.24, 2.45) is 0 Å². The summed E-state index contributed by atoms with van der Waals surface area (Å²) in [4.78, 5) is 5.03. The molecular formula is C22H28ClN3O4S. The van der Waals surface area contributed by atoms with E-state index in [1.807, 2.05) is 12.1 Å². The number of hydrogen-bond donors (Lipinski definition) is 0. The van der Waals surface area contributed by atoms with E-state index >= 15 is 0 Å². The Morgan fingerprint density at radius 1 is 0.871 bits per heavy atom. The summed E-state index contributed by atoms with van der Waals surface area (Å²) < 4.78 is 37.9. The fraction of sp³-hybridized carbons (Fsp3) is 0.455. The predicted octanol–water partition coefficient (Wildman–Crippen LogP) is 2.56. The van der Waals surface area contributed by atoms with E-state index in [0.717, 1.165) is 37.7 Å². The van der Waals surface area contributed by atoms with Gasteiger partial charge in [-0.3, -0.25) is 4.90 Å². The molecule has 2 aromatic rings. The molecule has 0 saturated carbocycles. The van der Waals surface area contributed by atoms with E-state index in [9.17, 15) is 8.42 Å². The van der Waals surface area contributed by atoms with Crippen LogP contribution in [0, 0.1) is 0 Å². The van der Waals surface area contributed by atoms with Crippen molar-refractivity contribution >= 4 is 27.3 Å². The number of halogens is 1. The summed E-state index contributed by atoms with van der Waals surface area (Å²) >= 11 is 5.97. The van der Waals surface area contributed by atoms with E-state index in [0.29, 0.717) is 43.6 Å². The van der Waals surface area contributed by atoms with Crippen LogP contribution in [-0.2, 0) is 14.8 Å². The van der Waals surface area contributed by atoms with Crippen molar-refractivity contribution in [1.82, 2.24) is 9.21 Å². The molecule has 2 aromatic carbocycles. The molecule has 0 aromatic heterocycles. The molecule has 0 N–H and O–H groups in total. The fourth-order valence-corrected chi connectivity index (χ4v) is 5.35. The Hall–Kier alpha value is -1.84. The summed E-state index contributed by atoms with van der Waals surface area (Å²) in [7, 11) is -3.47. The van der Waals surface area contributed by atoms with Gasteiger partial charge in [0.1, 0.15) is 12.4 Å². The van der Waals surface area contributed by atoms with Gasteiger partial charge < -0.3 is 14.4 Å². The van der Waals surface area contributed by atoms with E-state index < -0.39 is 10.0 Å². The lowest BCUT2D eigenvalue weighted by molar-refractivity contribution is 0.0730. The molecule has 0 radical (unpaired) electrons. The summed E-state index contributed by atoms with van der Waals surface area (Å²) in [5, 5.41) is 0.756. The lowest BCUT2D eigenvalue weighted by Crippen LogP contribution is -2.47. The molecule has 31 heavy (non-hydrogen) atoms. The van der Waals surface area contributed by atoms with Crippen LogP contribution < -0.4 is 9.64 Å². The van der Waals surface area contributed by atoms with Crippen LogP contribution in [0.4, 0.5) is 5.69 Å². The molecule has 0 unspecified atom stereocenters. The van der Waals surface area contributed by atoms with E-state index in [4.69, 9.17) is 21.1 Å². The van der Waals surface area contributed by atoms with Gasteiger partial charge in [0.15, 0.2) is 0 Å². The average molecular weight is 466 g/mol. The maximum Gasteiger partial charge on any atom is 0.243 e. The van der Waals surface area contributed by atoms with Gasteiger partial charge in [-0.2, -0.15) is 4.31 Å². The lowest BCUT2D eigenvalue weighted by Gasteiger charge is -2.36. The lowest BCUT2D eigenvalue weighted by atomic mass is 10.2. The molecule has 0 spiro atoms. The van der Waals surface area contributed by atoms with Crippen molar-refractivity contribution in [3.8, 4) is 5.75 Å². The zero-order valence-electron chi connectivity index (χ0n) is 17.5. The topological polar surface area (TPSA) is 62.3 Å². The van der Waals surface area contributed by atoms with Crippen LogP contribution in [0.1, 0.15) is 0 Å². The third-order valence-corrected chi connectivity index (χ3v) is 7.84. The number of morpholine rings is 1. The monoisotopic (exact) mass is 465 g/mol. The van der Waals surface area contributed by atoms with Crippen LogP contribution in [0.3, 0.4) is 0 Å². The van der Waals surface area contributed by atoms with Gasteiger partial charge in [-0.05, 0) is 48.5 Å². The third-order valence-electron chi connectivity index (χ3n) is 5.67. The Bertz CT molecular complexity index is 940. The van der Waals surface area contributed by atoms with Gasteiger partial charge in [-0.15, -0.1) is 0 Å². The molecule has 0 aliphatic carbocycles. The van der Waals surface area contributed by atoms with Crippen molar-refractivity contribution in [2.75, 3.05) is 70.5 Å². The van der Waals surface area contributed by atoms with E-state index in [1.165, 1.54) is 9.99 Å². The number of benzene rings is 2. The molecule has 0 bridgehead atoms. The molecule has 168 valence electrons. The Morgan fingerprint density at radius 3 is 2.16 bits per heavy atom. The largest absolute Gasteiger partial charge is 0.492 e.